The van der Waals surface area contributed by atoms with E-state index >= 15 is 0 Å². The lowest BCUT2D eigenvalue weighted by molar-refractivity contribution is -0.924. The first-order valence-corrected chi connectivity index (χ1v) is 5.98. The molecule has 2 heteroatoms. The Morgan fingerprint density at radius 1 is 0.833 bits per heavy atom. The van der Waals surface area contributed by atoms with E-state index in [2.05, 4.69) is 44.0 Å². The molecule has 18 heavy (non-hydrogen) atoms. The fraction of sp³-hybridized carbons (Fsp3) is 0.250. The van der Waals surface area contributed by atoms with Gasteiger partial charge in [0.05, 0.1) is 19.6 Å². The van der Waals surface area contributed by atoms with E-state index in [9.17, 15) is 0 Å². The number of nitrogens with zero attached hydrogens (tertiary/aromatic N) is 1. The summed E-state index contributed by atoms with van der Waals surface area (Å²) < 4.78 is 0.917. The Balaban J connectivity index is 0.00000289. The fourth-order valence-corrected chi connectivity index (χ4v) is 2.21. The topological polar surface area (TPSA) is 30.0 Å². The van der Waals surface area contributed by atoms with Gasteiger partial charge in [-0.3, -0.25) is 0 Å². The van der Waals surface area contributed by atoms with E-state index in [-0.39, 0.29) is 5.48 Å². The minimum Gasteiger partial charge on any atom is -0.870 e. The van der Waals surface area contributed by atoms with E-state index < -0.39 is 0 Å². The lowest BCUT2D eigenvalue weighted by Gasteiger charge is -2.36. The zero-order valence-corrected chi connectivity index (χ0v) is 11.0. The lowest BCUT2D eigenvalue weighted by Crippen LogP contribution is -2.47. The SMILES string of the molecule is C=CC[N+](CC=C)(CC=C)Cc1ccccc1.[OH-]. The molecule has 0 saturated heterocycles. The van der Waals surface area contributed by atoms with Gasteiger partial charge in [-0.15, -0.1) is 0 Å². The van der Waals surface area contributed by atoms with Crippen molar-refractivity contribution in [3.63, 3.8) is 0 Å². The summed E-state index contributed by atoms with van der Waals surface area (Å²) in [5.74, 6) is 0. The van der Waals surface area contributed by atoms with E-state index in [1.54, 1.807) is 0 Å². The van der Waals surface area contributed by atoms with Crippen molar-refractivity contribution in [3.05, 3.63) is 73.9 Å². The molecular formula is C16H23NO. The van der Waals surface area contributed by atoms with Gasteiger partial charge < -0.3 is 9.96 Å². The molecule has 1 rings (SSSR count). The van der Waals surface area contributed by atoms with Crippen molar-refractivity contribution in [1.29, 1.82) is 0 Å². The summed E-state index contributed by atoms with van der Waals surface area (Å²) in [5.41, 5.74) is 1.35. The molecule has 0 aliphatic heterocycles. The maximum Gasteiger partial charge on any atom is 0.105 e. The van der Waals surface area contributed by atoms with Crippen LogP contribution in [0.5, 0.6) is 0 Å². The molecule has 0 saturated carbocycles. The minimum absolute atomic E-state index is 0. The minimum atomic E-state index is 0. The average molecular weight is 245 g/mol. The van der Waals surface area contributed by atoms with Gasteiger partial charge in [0, 0.05) is 5.56 Å². The first kappa shape index (κ1) is 16.4. The summed E-state index contributed by atoms with van der Waals surface area (Å²) in [5, 5.41) is 0. The monoisotopic (exact) mass is 245 g/mol. The van der Waals surface area contributed by atoms with Crippen LogP contribution in [0.3, 0.4) is 0 Å². The third-order valence-corrected chi connectivity index (χ3v) is 2.91. The predicted octanol–water partition coefficient (Wildman–Crippen LogP) is 3.38. The average Bonchev–Trinajstić information content (AvgIpc) is 2.31. The quantitative estimate of drug-likeness (QED) is 0.510. The van der Waals surface area contributed by atoms with Crippen molar-refractivity contribution in [2.45, 2.75) is 6.54 Å². The van der Waals surface area contributed by atoms with Crippen LogP contribution in [0.1, 0.15) is 5.56 Å². The van der Waals surface area contributed by atoms with E-state index in [4.69, 9.17) is 0 Å². The van der Waals surface area contributed by atoms with Crippen LogP contribution in [0, 0.1) is 0 Å². The van der Waals surface area contributed by atoms with E-state index in [1.807, 2.05) is 24.3 Å². The standard InChI is InChI=1S/C16H22N.H2O/c1-4-12-17(13-5-2,14-6-3)15-16-10-8-7-9-11-16;/h4-11H,1-3,12-15H2;1H2/q+1;/p-1. The third-order valence-electron chi connectivity index (χ3n) is 2.91. The summed E-state index contributed by atoms with van der Waals surface area (Å²) in [6, 6.07) is 10.6. The number of benzene rings is 1. The molecule has 0 unspecified atom stereocenters. The maximum atomic E-state index is 3.87. The van der Waals surface area contributed by atoms with E-state index in [0.29, 0.717) is 0 Å². The highest BCUT2D eigenvalue weighted by atomic mass is 16.0. The Labute approximate surface area is 110 Å². The molecule has 0 bridgehead atoms. The summed E-state index contributed by atoms with van der Waals surface area (Å²) in [6.07, 6.45) is 5.95. The van der Waals surface area contributed by atoms with Gasteiger partial charge in [0.25, 0.3) is 0 Å². The molecule has 2 nitrogen and oxygen atoms in total. The molecule has 98 valence electrons. The van der Waals surface area contributed by atoms with Crippen LogP contribution in [-0.2, 0) is 6.54 Å². The highest BCUT2D eigenvalue weighted by molar-refractivity contribution is 5.13. The molecular weight excluding hydrogens is 222 g/mol. The van der Waals surface area contributed by atoms with Gasteiger partial charge >= 0.3 is 0 Å². The Hall–Kier alpha value is -1.64. The first-order valence-electron chi connectivity index (χ1n) is 5.98. The number of hydrogen-bond donors (Lipinski definition) is 0. The Morgan fingerprint density at radius 3 is 1.67 bits per heavy atom. The van der Waals surface area contributed by atoms with Crippen molar-refractivity contribution in [2.75, 3.05) is 19.6 Å². The van der Waals surface area contributed by atoms with Crippen LogP contribution < -0.4 is 0 Å². The highest BCUT2D eigenvalue weighted by Gasteiger charge is 2.23. The van der Waals surface area contributed by atoms with E-state index in [1.165, 1.54) is 5.56 Å². The fourth-order valence-electron chi connectivity index (χ4n) is 2.21. The molecule has 0 aliphatic rings. The van der Waals surface area contributed by atoms with Gasteiger partial charge in [-0.05, 0) is 18.2 Å². The van der Waals surface area contributed by atoms with Crippen LogP contribution in [0.4, 0.5) is 0 Å². The van der Waals surface area contributed by atoms with Crippen molar-refractivity contribution in [3.8, 4) is 0 Å². The number of quaternary nitrogens is 1. The highest BCUT2D eigenvalue weighted by Crippen LogP contribution is 2.15. The molecule has 0 fully saturated rings. The second kappa shape index (κ2) is 8.45. The Kier molecular flexibility index (Phi) is 7.68. The molecule has 0 spiro atoms. The molecule has 0 amide bonds. The van der Waals surface area contributed by atoms with Gasteiger partial charge in [0.1, 0.15) is 6.54 Å². The van der Waals surface area contributed by atoms with Gasteiger partial charge in [-0.25, -0.2) is 0 Å². The first-order chi connectivity index (χ1) is 8.26. The molecule has 1 N–H and O–H groups in total. The van der Waals surface area contributed by atoms with Gasteiger partial charge in [-0.1, -0.05) is 50.1 Å². The van der Waals surface area contributed by atoms with Crippen LogP contribution >= 0.6 is 0 Å². The second-order valence-electron chi connectivity index (χ2n) is 4.40. The summed E-state index contributed by atoms with van der Waals surface area (Å²) in [6.45, 7) is 15.4. The van der Waals surface area contributed by atoms with Crippen molar-refractivity contribution in [2.24, 2.45) is 0 Å². The van der Waals surface area contributed by atoms with Gasteiger partial charge in [-0.2, -0.15) is 0 Å². The van der Waals surface area contributed by atoms with Gasteiger partial charge in [0.15, 0.2) is 0 Å². The number of hydrogen-bond acceptors (Lipinski definition) is 1. The predicted molar refractivity (Wildman–Crippen MR) is 77.5 cm³/mol. The summed E-state index contributed by atoms with van der Waals surface area (Å²) >= 11 is 0. The third kappa shape index (κ3) is 4.70. The molecule has 0 aliphatic carbocycles. The molecule has 0 heterocycles. The maximum absolute atomic E-state index is 3.87. The zero-order valence-electron chi connectivity index (χ0n) is 11.0. The van der Waals surface area contributed by atoms with Crippen molar-refractivity contribution < 1.29 is 9.96 Å². The Bertz CT molecular complexity index is 343. The smallest absolute Gasteiger partial charge is 0.105 e. The summed E-state index contributed by atoms with van der Waals surface area (Å²) in [4.78, 5) is 0. The van der Waals surface area contributed by atoms with E-state index in [0.717, 1.165) is 30.7 Å². The molecule has 1 aromatic rings. The van der Waals surface area contributed by atoms with Crippen LogP contribution in [0.25, 0.3) is 0 Å². The van der Waals surface area contributed by atoms with Crippen LogP contribution in [0.2, 0.25) is 0 Å². The van der Waals surface area contributed by atoms with Crippen LogP contribution in [0.15, 0.2) is 68.3 Å². The van der Waals surface area contributed by atoms with Crippen molar-refractivity contribution >= 4 is 0 Å². The second-order valence-corrected chi connectivity index (χ2v) is 4.40. The van der Waals surface area contributed by atoms with Gasteiger partial charge in [0.2, 0.25) is 0 Å². The molecule has 0 atom stereocenters. The number of rotatable bonds is 8. The molecule has 1 aromatic carbocycles. The normalized spacial score (nSPS) is 10.2. The van der Waals surface area contributed by atoms with Crippen molar-refractivity contribution in [1.82, 2.24) is 0 Å². The largest absolute Gasteiger partial charge is 0.870 e. The lowest BCUT2D eigenvalue weighted by atomic mass is 10.1. The Morgan fingerprint density at radius 2 is 1.28 bits per heavy atom. The zero-order chi connectivity index (χ0) is 12.6. The summed E-state index contributed by atoms with van der Waals surface area (Å²) in [7, 11) is 0. The molecule has 0 aromatic heterocycles. The van der Waals surface area contributed by atoms with Crippen LogP contribution in [-0.4, -0.2) is 29.6 Å². The molecule has 0 radical (unpaired) electrons.